The maximum atomic E-state index is 13.8. The van der Waals surface area contributed by atoms with E-state index < -0.39 is 0 Å². The van der Waals surface area contributed by atoms with Gasteiger partial charge in [-0.25, -0.2) is 4.39 Å². The third-order valence-corrected chi connectivity index (χ3v) is 4.62. The number of ether oxygens (including phenoxy) is 1. The molecule has 0 saturated carbocycles. The number of halogens is 2. The summed E-state index contributed by atoms with van der Waals surface area (Å²) in [7, 11) is 1.47. The van der Waals surface area contributed by atoms with Crippen molar-refractivity contribution in [2.75, 3.05) is 7.11 Å². The number of hydrogen-bond donors (Lipinski definition) is 0. The Bertz CT molecular complexity index is 580. The molecule has 0 heterocycles. The monoisotopic (exact) mass is 350 g/mol. The summed E-state index contributed by atoms with van der Waals surface area (Å²) in [6.07, 6.45) is 3.52. The largest absolute Gasteiger partial charge is 0.494 e. The summed E-state index contributed by atoms with van der Waals surface area (Å²) in [6, 6.07) is 13.6. The Kier molecular flexibility index (Phi) is 5.80. The van der Waals surface area contributed by atoms with Crippen molar-refractivity contribution in [3.05, 3.63) is 65.0 Å². The maximum Gasteiger partial charge on any atom is 0.165 e. The van der Waals surface area contributed by atoms with Crippen molar-refractivity contribution in [2.24, 2.45) is 0 Å². The SMILES string of the molecule is CCCCc1ccc(C(Br)c2ccc(OC)c(F)c2)cc1. The fourth-order valence-corrected chi connectivity index (χ4v) is 2.86. The first kappa shape index (κ1) is 16.0. The fraction of sp³-hybridized carbons (Fsp3) is 0.333. The Labute approximate surface area is 134 Å². The minimum absolute atomic E-state index is 0.0156. The van der Waals surface area contributed by atoms with Crippen LogP contribution < -0.4 is 4.74 Å². The van der Waals surface area contributed by atoms with E-state index >= 15 is 0 Å². The van der Waals surface area contributed by atoms with Crippen molar-refractivity contribution in [3.63, 3.8) is 0 Å². The van der Waals surface area contributed by atoms with E-state index in [1.165, 1.54) is 31.6 Å². The highest BCUT2D eigenvalue weighted by Crippen LogP contribution is 2.33. The molecular weight excluding hydrogens is 331 g/mol. The summed E-state index contributed by atoms with van der Waals surface area (Å²) in [5.74, 6) is -0.0626. The minimum atomic E-state index is -0.334. The van der Waals surface area contributed by atoms with E-state index in [0.29, 0.717) is 0 Å². The standard InChI is InChI=1S/C18H20BrFO/c1-3-4-5-13-6-8-14(9-7-13)18(19)15-10-11-17(21-2)16(20)12-15/h6-12,18H,3-5H2,1-2H3. The average molecular weight is 351 g/mol. The molecule has 0 amide bonds. The van der Waals surface area contributed by atoms with Gasteiger partial charge < -0.3 is 4.74 Å². The predicted octanol–water partition coefficient (Wildman–Crippen LogP) is 5.66. The summed E-state index contributed by atoms with van der Waals surface area (Å²) in [5, 5.41) is 0. The number of aryl methyl sites for hydroxylation is 1. The van der Waals surface area contributed by atoms with Crippen LogP contribution in [0.5, 0.6) is 5.75 Å². The third kappa shape index (κ3) is 4.07. The van der Waals surface area contributed by atoms with E-state index in [9.17, 15) is 4.39 Å². The summed E-state index contributed by atoms with van der Waals surface area (Å²) in [4.78, 5) is -0.0156. The van der Waals surface area contributed by atoms with E-state index in [0.717, 1.165) is 17.5 Å². The van der Waals surface area contributed by atoms with E-state index in [4.69, 9.17) is 4.74 Å². The smallest absolute Gasteiger partial charge is 0.165 e. The summed E-state index contributed by atoms with van der Waals surface area (Å²) in [5.41, 5.74) is 3.36. The Hall–Kier alpha value is -1.35. The second kappa shape index (κ2) is 7.60. The number of unbranched alkanes of at least 4 members (excludes halogenated alkanes) is 1. The van der Waals surface area contributed by atoms with Crippen LogP contribution >= 0.6 is 15.9 Å². The number of alkyl halides is 1. The molecular formula is C18H20BrFO. The molecule has 0 spiro atoms. The topological polar surface area (TPSA) is 9.23 Å². The van der Waals surface area contributed by atoms with Crippen LogP contribution in [0.1, 0.15) is 41.3 Å². The quantitative estimate of drug-likeness (QED) is 0.610. The van der Waals surface area contributed by atoms with Crippen molar-refractivity contribution in [1.82, 2.24) is 0 Å². The number of hydrogen-bond acceptors (Lipinski definition) is 1. The Morgan fingerprint density at radius 2 is 1.76 bits per heavy atom. The number of benzene rings is 2. The van der Waals surface area contributed by atoms with Crippen molar-refractivity contribution in [1.29, 1.82) is 0 Å². The molecule has 1 atom stereocenters. The van der Waals surface area contributed by atoms with Gasteiger partial charge in [0.1, 0.15) is 0 Å². The number of rotatable bonds is 6. The van der Waals surface area contributed by atoms with Gasteiger partial charge in [-0.2, -0.15) is 0 Å². The molecule has 1 unspecified atom stereocenters. The first-order valence-electron chi connectivity index (χ1n) is 7.22. The van der Waals surface area contributed by atoms with Crippen LogP contribution in [0, 0.1) is 5.82 Å². The van der Waals surface area contributed by atoms with Gasteiger partial charge in [-0.15, -0.1) is 0 Å². The highest BCUT2D eigenvalue weighted by molar-refractivity contribution is 9.09. The molecule has 2 aromatic rings. The zero-order chi connectivity index (χ0) is 15.2. The molecule has 0 fully saturated rings. The van der Waals surface area contributed by atoms with Crippen LogP contribution in [0.15, 0.2) is 42.5 Å². The normalized spacial score (nSPS) is 12.2. The van der Waals surface area contributed by atoms with Crippen LogP contribution in [0.2, 0.25) is 0 Å². The Morgan fingerprint density at radius 3 is 2.33 bits per heavy atom. The lowest BCUT2D eigenvalue weighted by atomic mass is 10.0. The van der Waals surface area contributed by atoms with E-state index in [1.807, 2.05) is 6.07 Å². The van der Waals surface area contributed by atoms with Gasteiger partial charge in [-0.1, -0.05) is 59.6 Å². The molecule has 0 aliphatic carbocycles. The van der Waals surface area contributed by atoms with E-state index in [-0.39, 0.29) is 16.4 Å². The highest BCUT2D eigenvalue weighted by atomic mass is 79.9. The van der Waals surface area contributed by atoms with Gasteiger partial charge in [0.2, 0.25) is 0 Å². The van der Waals surface area contributed by atoms with Gasteiger partial charge in [0.15, 0.2) is 11.6 Å². The molecule has 0 N–H and O–H groups in total. The molecule has 2 aromatic carbocycles. The second-order valence-corrected chi connectivity index (χ2v) is 6.02. The van der Waals surface area contributed by atoms with Crippen LogP contribution in [0.3, 0.4) is 0 Å². The zero-order valence-corrected chi connectivity index (χ0v) is 14.0. The lowest BCUT2D eigenvalue weighted by Crippen LogP contribution is -1.96. The molecule has 1 nitrogen and oxygen atoms in total. The van der Waals surface area contributed by atoms with Gasteiger partial charge >= 0.3 is 0 Å². The third-order valence-electron chi connectivity index (χ3n) is 3.56. The first-order chi connectivity index (χ1) is 10.2. The van der Waals surface area contributed by atoms with Gasteiger partial charge in [-0.05, 0) is 41.7 Å². The molecule has 0 bridgehead atoms. The average Bonchev–Trinajstić information content (AvgIpc) is 2.52. The molecule has 112 valence electrons. The highest BCUT2D eigenvalue weighted by Gasteiger charge is 2.13. The minimum Gasteiger partial charge on any atom is -0.494 e. The van der Waals surface area contributed by atoms with Crippen LogP contribution in [-0.4, -0.2) is 7.11 Å². The van der Waals surface area contributed by atoms with Crippen molar-refractivity contribution < 1.29 is 9.13 Å². The molecule has 3 heteroatoms. The first-order valence-corrected chi connectivity index (χ1v) is 8.13. The number of methoxy groups -OCH3 is 1. The van der Waals surface area contributed by atoms with E-state index in [1.54, 1.807) is 6.07 Å². The lowest BCUT2D eigenvalue weighted by Gasteiger charge is -2.13. The molecule has 0 aliphatic heterocycles. The van der Waals surface area contributed by atoms with Gasteiger partial charge in [0.25, 0.3) is 0 Å². The summed E-state index contributed by atoms with van der Waals surface area (Å²) >= 11 is 3.64. The van der Waals surface area contributed by atoms with Crippen molar-refractivity contribution in [3.8, 4) is 5.75 Å². The van der Waals surface area contributed by atoms with Crippen LogP contribution in [0.25, 0.3) is 0 Å². The molecule has 0 radical (unpaired) electrons. The molecule has 0 saturated heterocycles. The Morgan fingerprint density at radius 1 is 1.10 bits per heavy atom. The fourth-order valence-electron chi connectivity index (χ4n) is 2.27. The zero-order valence-electron chi connectivity index (χ0n) is 12.4. The van der Waals surface area contributed by atoms with Gasteiger partial charge in [0, 0.05) is 0 Å². The van der Waals surface area contributed by atoms with E-state index in [2.05, 4.69) is 47.1 Å². The Balaban J connectivity index is 2.15. The summed E-state index contributed by atoms with van der Waals surface area (Å²) in [6.45, 7) is 2.20. The van der Waals surface area contributed by atoms with Crippen molar-refractivity contribution >= 4 is 15.9 Å². The van der Waals surface area contributed by atoms with Crippen LogP contribution in [0.4, 0.5) is 4.39 Å². The van der Waals surface area contributed by atoms with Gasteiger partial charge in [0.05, 0.1) is 11.9 Å². The van der Waals surface area contributed by atoms with Gasteiger partial charge in [-0.3, -0.25) is 0 Å². The lowest BCUT2D eigenvalue weighted by molar-refractivity contribution is 0.386. The molecule has 0 aromatic heterocycles. The molecule has 21 heavy (non-hydrogen) atoms. The summed E-state index contributed by atoms with van der Waals surface area (Å²) < 4.78 is 18.7. The predicted molar refractivity (Wildman–Crippen MR) is 88.8 cm³/mol. The van der Waals surface area contributed by atoms with Crippen molar-refractivity contribution in [2.45, 2.75) is 31.0 Å². The van der Waals surface area contributed by atoms with Crippen LogP contribution in [-0.2, 0) is 6.42 Å². The second-order valence-electron chi connectivity index (χ2n) is 5.10. The molecule has 0 aliphatic rings. The molecule has 2 rings (SSSR count). The maximum absolute atomic E-state index is 13.8.